The first-order valence-corrected chi connectivity index (χ1v) is 6.17. The first kappa shape index (κ1) is 14.1. The molecule has 1 rings (SSSR count). The van der Waals surface area contributed by atoms with E-state index in [1.165, 1.54) is 0 Å². The van der Waals surface area contributed by atoms with Gasteiger partial charge in [0, 0.05) is 38.4 Å². The molecule has 1 heterocycles. The Kier molecular flexibility index (Phi) is 6.08. The minimum atomic E-state index is 0.474. The van der Waals surface area contributed by atoms with Crippen molar-refractivity contribution >= 4 is 0 Å². The van der Waals surface area contributed by atoms with Gasteiger partial charge < -0.3 is 10.1 Å². The summed E-state index contributed by atoms with van der Waals surface area (Å²) < 4.78 is 5.04. The van der Waals surface area contributed by atoms with Crippen LogP contribution in [-0.2, 0) is 17.7 Å². The summed E-state index contributed by atoms with van der Waals surface area (Å²) in [6.45, 7) is 7.84. The van der Waals surface area contributed by atoms with Crippen molar-refractivity contribution < 1.29 is 4.74 Å². The fourth-order valence-electron chi connectivity index (χ4n) is 1.59. The molecule has 0 spiro atoms. The molecule has 1 aromatic heterocycles. The van der Waals surface area contributed by atoms with Gasteiger partial charge in [0.2, 0.25) is 0 Å². The molecule has 0 aliphatic heterocycles. The van der Waals surface area contributed by atoms with E-state index in [2.05, 4.69) is 29.1 Å². The topological polar surface area (TPSA) is 47.0 Å². The molecule has 0 aliphatic rings. The minimum absolute atomic E-state index is 0.474. The molecular weight excluding hydrogens is 214 g/mol. The number of hydrogen-bond acceptors (Lipinski definition) is 4. The third kappa shape index (κ3) is 5.75. The predicted octanol–water partition coefficient (Wildman–Crippen LogP) is 1.86. The molecule has 4 heteroatoms. The molecule has 17 heavy (non-hydrogen) atoms. The lowest BCUT2D eigenvalue weighted by Crippen LogP contribution is -2.23. The van der Waals surface area contributed by atoms with E-state index in [-0.39, 0.29) is 0 Å². The molecule has 96 valence electrons. The Labute approximate surface area is 104 Å². The van der Waals surface area contributed by atoms with E-state index in [1.807, 2.05) is 13.0 Å². The molecule has 0 amide bonds. The molecule has 0 fully saturated rings. The first-order valence-electron chi connectivity index (χ1n) is 6.17. The molecule has 0 radical (unpaired) electrons. The van der Waals surface area contributed by atoms with Crippen LogP contribution in [-0.4, -0.2) is 29.7 Å². The van der Waals surface area contributed by atoms with Crippen molar-refractivity contribution in [1.29, 1.82) is 0 Å². The SMILES string of the molecule is COCCCc1nc(C)cc(CNC(C)C)n1. The molecule has 0 aromatic carbocycles. The van der Waals surface area contributed by atoms with Crippen molar-refractivity contribution in [3.05, 3.63) is 23.3 Å². The van der Waals surface area contributed by atoms with Gasteiger partial charge in [0.05, 0.1) is 5.69 Å². The van der Waals surface area contributed by atoms with Gasteiger partial charge >= 0.3 is 0 Å². The van der Waals surface area contributed by atoms with Gasteiger partial charge in [0.1, 0.15) is 5.82 Å². The van der Waals surface area contributed by atoms with E-state index in [0.717, 1.165) is 43.2 Å². The van der Waals surface area contributed by atoms with Crippen LogP contribution >= 0.6 is 0 Å². The Morgan fingerprint density at radius 1 is 1.35 bits per heavy atom. The normalized spacial score (nSPS) is 11.1. The molecule has 1 aromatic rings. The van der Waals surface area contributed by atoms with Gasteiger partial charge in [-0.2, -0.15) is 0 Å². The largest absolute Gasteiger partial charge is 0.385 e. The zero-order valence-corrected chi connectivity index (χ0v) is 11.3. The van der Waals surface area contributed by atoms with E-state index in [9.17, 15) is 0 Å². The number of aryl methyl sites for hydroxylation is 2. The summed E-state index contributed by atoms with van der Waals surface area (Å²) in [7, 11) is 1.72. The number of rotatable bonds is 7. The minimum Gasteiger partial charge on any atom is -0.385 e. The highest BCUT2D eigenvalue weighted by molar-refractivity contribution is 5.10. The van der Waals surface area contributed by atoms with Crippen LogP contribution in [0.4, 0.5) is 0 Å². The van der Waals surface area contributed by atoms with Crippen LogP contribution in [0.3, 0.4) is 0 Å². The van der Waals surface area contributed by atoms with Crippen LogP contribution in [0.2, 0.25) is 0 Å². The number of aromatic nitrogens is 2. The maximum absolute atomic E-state index is 5.04. The average Bonchev–Trinajstić information content (AvgIpc) is 2.26. The summed E-state index contributed by atoms with van der Waals surface area (Å²) in [5.41, 5.74) is 2.10. The highest BCUT2D eigenvalue weighted by Gasteiger charge is 2.03. The third-order valence-corrected chi connectivity index (χ3v) is 2.39. The van der Waals surface area contributed by atoms with Crippen LogP contribution in [0, 0.1) is 6.92 Å². The summed E-state index contributed by atoms with van der Waals surface area (Å²) >= 11 is 0. The second-order valence-electron chi connectivity index (χ2n) is 4.55. The summed E-state index contributed by atoms with van der Waals surface area (Å²) in [5, 5.41) is 3.37. The van der Waals surface area contributed by atoms with Crippen molar-refractivity contribution in [1.82, 2.24) is 15.3 Å². The maximum Gasteiger partial charge on any atom is 0.128 e. The van der Waals surface area contributed by atoms with E-state index >= 15 is 0 Å². The Morgan fingerprint density at radius 3 is 2.76 bits per heavy atom. The van der Waals surface area contributed by atoms with Gasteiger partial charge in [-0.15, -0.1) is 0 Å². The van der Waals surface area contributed by atoms with Crippen LogP contribution < -0.4 is 5.32 Å². The smallest absolute Gasteiger partial charge is 0.128 e. The van der Waals surface area contributed by atoms with Crippen molar-refractivity contribution in [2.45, 2.75) is 46.2 Å². The van der Waals surface area contributed by atoms with Crippen molar-refractivity contribution in [3.63, 3.8) is 0 Å². The van der Waals surface area contributed by atoms with Crippen LogP contribution in [0.15, 0.2) is 6.07 Å². The molecule has 0 saturated heterocycles. The molecule has 0 aliphatic carbocycles. The third-order valence-electron chi connectivity index (χ3n) is 2.39. The highest BCUT2D eigenvalue weighted by atomic mass is 16.5. The summed E-state index contributed by atoms with van der Waals surface area (Å²) in [6, 6.07) is 2.51. The summed E-state index contributed by atoms with van der Waals surface area (Å²) in [6.07, 6.45) is 1.85. The van der Waals surface area contributed by atoms with E-state index < -0.39 is 0 Å². The zero-order chi connectivity index (χ0) is 12.7. The van der Waals surface area contributed by atoms with Gasteiger partial charge in [-0.25, -0.2) is 9.97 Å². The number of ether oxygens (including phenoxy) is 1. The molecule has 0 atom stereocenters. The fourth-order valence-corrected chi connectivity index (χ4v) is 1.59. The zero-order valence-electron chi connectivity index (χ0n) is 11.3. The van der Waals surface area contributed by atoms with Crippen LogP contribution in [0.1, 0.15) is 37.5 Å². The van der Waals surface area contributed by atoms with Gasteiger partial charge in [-0.1, -0.05) is 13.8 Å². The standard InChI is InChI=1S/C13H23N3O/c1-10(2)14-9-12-8-11(3)15-13(16-12)6-5-7-17-4/h8,10,14H,5-7,9H2,1-4H3. The number of nitrogens with one attached hydrogen (secondary N) is 1. The second-order valence-corrected chi connectivity index (χ2v) is 4.55. The Hall–Kier alpha value is -1.00. The van der Waals surface area contributed by atoms with Crippen molar-refractivity contribution in [2.75, 3.05) is 13.7 Å². The lowest BCUT2D eigenvalue weighted by Gasteiger charge is -2.09. The number of methoxy groups -OCH3 is 1. The highest BCUT2D eigenvalue weighted by Crippen LogP contribution is 2.03. The van der Waals surface area contributed by atoms with Gasteiger partial charge in [-0.3, -0.25) is 0 Å². The van der Waals surface area contributed by atoms with E-state index in [1.54, 1.807) is 7.11 Å². The summed E-state index contributed by atoms with van der Waals surface area (Å²) in [5.74, 6) is 0.919. The first-order chi connectivity index (χ1) is 8.11. The van der Waals surface area contributed by atoms with Crippen molar-refractivity contribution in [3.8, 4) is 0 Å². The Balaban J connectivity index is 2.59. The monoisotopic (exact) mass is 237 g/mol. The molecule has 4 nitrogen and oxygen atoms in total. The average molecular weight is 237 g/mol. The predicted molar refractivity (Wildman–Crippen MR) is 68.9 cm³/mol. The lowest BCUT2D eigenvalue weighted by atomic mass is 10.2. The van der Waals surface area contributed by atoms with E-state index in [4.69, 9.17) is 4.74 Å². The summed E-state index contributed by atoms with van der Waals surface area (Å²) in [4.78, 5) is 8.99. The molecule has 0 unspecified atom stereocenters. The molecule has 0 saturated carbocycles. The molecule has 1 N–H and O–H groups in total. The van der Waals surface area contributed by atoms with Crippen LogP contribution in [0.5, 0.6) is 0 Å². The molecule has 0 bridgehead atoms. The Morgan fingerprint density at radius 2 is 2.12 bits per heavy atom. The fraction of sp³-hybridized carbons (Fsp3) is 0.692. The molecular formula is C13H23N3O. The van der Waals surface area contributed by atoms with Gasteiger partial charge in [-0.05, 0) is 19.4 Å². The number of nitrogens with zero attached hydrogens (tertiary/aromatic N) is 2. The Bertz CT molecular complexity index is 339. The lowest BCUT2D eigenvalue weighted by molar-refractivity contribution is 0.194. The van der Waals surface area contributed by atoms with Crippen LogP contribution in [0.25, 0.3) is 0 Å². The number of hydrogen-bond donors (Lipinski definition) is 1. The maximum atomic E-state index is 5.04. The second kappa shape index (κ2) is 7.35. The van der Waals surface area contributed by atoms with Crippen molar-refractivity contribution in [2.24, 2.45) is 0 Å². The van der Waals surface area contributed by atoms with Gasteiger partial charge in [0.15, 0.2) is 0 Å². The van der Waals surface area contributed by atoms with E-state index in [0.29, 0.717) is 6.04 Å². The quantitative estimate of drug-likeness (QED) is 0.735. The van der Waals surface area contributed by atoms with Gasteiger partial charge in [0.25, 0.3) is 0 Å².